The smallest absolute Gasteiger partial charge is 0.253 e. The van der Waals surface area contributed by atoms with E-state index in [1.165, 1.54) is 0 Å². The lowest BCUT2D eigenvalue weighted by Crippen LogP contribution is -2.40. The van der Waals surface area contributed by atoms with E-state index < -0.39 is 0 Å². The summed E-state index contributed by atoms with van der Waals surface area (Å²) in [5, 5.41) is 5.73. The van der Waals surface area contributed by atoms with Gasteiger partial charge in [-0.3, -0.25) is 9.59 Å². The predicted octanol–water partition coefficient (Wildman–Crippen LogP) is 3.37. The van der Waals surface area contributed by atoms with E-state index >= 15 is 0 Å². The fraction of sp³-hybridized carbons (Fsp3) is 0.300. The van der Waals surface area contributed by atoms with Crippen LogP contribution in [0.4, 0.5) is 11.4 Å². The molecule has 0 spiro atoms. The molecule has 5 nitrogen and oxygen atoms in total. The molecule has 2 aromatic carbocycles. The van der Waals surface area contributed by atoms with E-state index in [0.717, 1.165) is 5.56 Å². The summed E-state index contributed by atoms with van der Waals surface area (Å²) >= 11 is 0. The van der Waals surface area contributed by atoms with Gasteiger partial charge in [-0.15, -0.1) is 0 Å². The summed E-state index contributed by atoms with van der Waals surface area (Å²) < 4.78 is 0. The van der Waals surface area contributed by atoms with Crippen molar-refractivity contribution >= 4 is 23.2 Å². The monoisotopic (exact) mass is 339 g/mol. The lowest BCUT2D eigenvalue weighted by molar-refractivity contribution is -0.116. The molecule has 0 heterocycles. The topological polar surface area (TPSA) is 84.2 Å². The number of hydrogen-bond donors (Lipinski definition) is 3. The number of hydrogen-bond acceptors (Lipinski definition) is 3. The molecule has 0 bridgehead atoms. The second-order valence-corrected chi connectivity index (χ2v) is 7.00. The molecule has 0 unspecified atom stereocenters. The maximum absolute atomic E-state index is 12.4. The Bertz CT molecular complexity index is 764. The fourth-order valence-electron chi connectivity index (χ4n) is 2.42. The van der Waals surface area contributed by atoms with Crippen molar-refractivity contribution < 1.29 is 9.59 Å². The predicted molar refractivity (Wildman–Crippen MR) is 101 cm³/mol. The Labute approximate surface area is 148 Å². The average Bonchev–Trinajstić information content (AvgIpc) is 2.53. The van der Waals surface area contributed by atoms with Crippen LogP contribution in [-0.4, -0.2) is 17.4 Å². The SMILES string of the molecule is CC(C)(C)NC(=O)c1ccccc1NC(=O)CCc1ccccc1N. The van der Waals surface area contributed by atoms with Crippen LogP contribution in [0.25, 0.3) is 0 Å². The normalized spacial score (nSPS) is 11.0. The van der Waals surface area contributed by atoms with Crippen molar-refractivity contribution in [3.8, 4) is 0 Å². The Kier molecular flexibility index (Phi) is 5.80. The van der Waals surface area contributed by atoms with Gasteiger partial charge in [-0.1, -0.05) is 30.3 Å². The van der Waals surface area contributed by atoms with E-state index in [1.54, 1.807) is 24.3 Å². The number of aryl methyl sites for hydroxylation is 1. The summed E-state index contributed by atoms with van der Waals surface area (Å²) in [5.41, 5.74) is 8.13. The number of amides is 2. The van der Waals surface area contributed by atoms with Crippen LogP contribution in [0.3, 0.4) is 0 Å². The second-order valence-electron chi connectivity index (χ2n) is 7.00. The molecule has 0 saturated heterocycles. The summed E-state index contributed by atoms with van der Waals surface area (Å²) in [7, 11) is 0. The van der Waals surface area contributed by atoms with Crippen LogP contribution in [0.1, 0.15) is 43.1 Å². The van der Waals surface area contributed by atoms with Crippen molar-refractivity contribution in [1.82, 2.24) is 5.32 Å². The molecule has 2 rings (SSSR count). The molecule has 0 fully saturated rings. The highest BCUT2D eigenvalue weighted by molar-refractivity contribution is 6.04. The molecule has 0 radical (unpaired) electrons. The van der Waals surface area contributed by atoms with Crippen LogP contribution in [0.2, 0.25) is 0 Å². The Hall–Kier alpha value is -2.82. The summed E-state index contributed by atoms with van der Waals surface area (Å²) in [4.78, 5) is 24.7. The van der Waals surface area contributed by atoms with Crippen molar-refractivity contribution in [3.63, 3.8) is 0 Å². The Morgan fingerprint density at radius 3 is 2.32 bits per heavy atom. The van der Waals surface area contributed by atoms with Crippen molar-refractivity contribution in [2.45, 2.75) is 39.2 Å². The van der Waals surface area contributed by atoms with Gasteiger partial charge in [-0.05, 0) is 51.0 Å². The summed E-state index contributed by atoms with van der Waals surface area (Å²) in [6, 6.07) is 14.5. The lowest BCUT2D eigenvalue weighted by atomic mass is 10.1. The maximum Gasteiger partial charge on any atom is 0.253 e. The summed E-state index contributed by atoms with van der Waals surface area (Å²) in [6.07, 6.45) is 0.846. The first-order valence-electron chi connectivity index (χ1n) is 8.31. The zero-order valence-electron chi connectivity index (χ0n) is 14.9. The van der Waals surface area contributed by atoms with Crippen LogP contribution in [0, 0.1) is 0 Å². The Morgan fingerprint density at radius 2 is 1.64 bits per heavy atom. The average molecular weight is 339 g/mol. The van der Waals surface area contributed by atoms with E-state index in [2.05, 4.69) is 10.6 Å². The zero-order valence-corrected chi connectivity index (χ0v) is 14.9. The number of rotatable bonds is 5. The number of nitrogens with one attached hydrogen (secondary N) is 2. The highest BCUT2D eigenvalue weighted by Crippen LogP contribution is 2.18. The van der Waals surface area contributed by atoms with Gasteiger partial charge in [-0.2, -0.15) is 0 Å². The van der Waals surface area contributed by atoms with E-state index in [-0.39, 0.29) is 17.4 Å². The van der Waals surface area contributed by atoms with E-state index in [0.29, 0.717) is 29.8 Å². The molecule has 132 valence electrons. The second kappa shape index (κ2) is 7.83. The van der Waals surface area contributed by atoms with Crippen LogP contribution >= 0.6 is 0 Å². The van der Waals surface area contributed by atoms with Gasteiger partial charge in [0.25, 0.3) is 5.91 Å². The molecule has 0 aliphatic rings. The number of para-hydroxylation sites is 2. The lowest BCUT2D eigenvalue weighted by Gasteiger charge is -2.21. The van der Waals surface area contributed by atoms with Gasteiger partial charge in [-0.25, -0.2) is 0 Å². The molecule has 5 heteroatoms. The van der Waals surface area contributed by atoms with Crippen LogP contribution in [-0.2, 0) is 11.2 Å². The number of nitrogen functional groups attached to an aromatic ring is 1. The van der Waals surface area contributed by atoms with Crippen LogP contribution in [0.5, 0.6) is 0 Å². The van der Waals surface area contributed by atoms with Crippen LogP contribution in [0.15, 0.2) is 48.5 Å². The summed E-state index contributed by atoms with van der Waals surface area (Å²) in [6.45, 7) is 5.74. The zero-order chi connectivity index (χ0) is 18.4. The third-order valence-corrected chi connectivity index (χ3v) is 3.61. The Morgan fingerprint density at radius 1 is 1.00 bits per heavy atom. The number of anilines is 2. The molecule has 0 aliphatic heterocycles. The number of benzene rings is 2. The minimum Gasteiger partial charge on any atom is -0.399 e. The molecule has 0 aliphatic carbocycles. The number of carbonyl (C=O) groups is 2. The minimum absolute atomic E-state index is 0.153. The van der Waals surface area contributed by atoms with Gasteiger partial charge in [0.2, 0.25) is 5.91 Å². The van der Waals surface area contributed by atoms with Gasteiger partial charge in [0.05, 0.1) is 11.3 Å². The quantitative estimate of drug-likeness (QED) is 0.730. The van der Waals surface area contributed by atoms with Crippen molar-refractivity contribution in [1.29, 1.82) is 0 Å². The maximum atomic E-state index is 12.4. The van der Waals surface area contributed by atoms with E-state index in [9.17, 15) is 9.59 Å². The van der Waals surface area contributed by atoms with Crippen molar-refractivity contribution in [3.05, 3.63) is 59.7 Å². The first-order chi connectivity index (χ1) is 11.8. The summed E-state index contributed by atoms with van der Waals surface area (Å²) in [5.74, 6) is -0.366. The van der Waals surface area contributed by atoms with Gasteiger partial charge < -0.3 is 16.4 Å². The third kappa shape index (κ3) is 5.64. The molecule has 0 saturated carbocycles. The molecular formula is C20H25N3O2. The van der Waals surface area contributed by atoms with Crippen molar-refractivity contribution in [2.75, 3.05) is 11.1 Å². The van der Waals surface area contributed by atoms with Crippen LogP contribution < -0.4 is 16.4 Å². The molecular weight excluding hydrogens is 314 g/mol. The molecule has 0 atom stereocenters. The van der Waals surface area contributed by atoms with Gasteiger partial charge >= 0.3 is 0 Å². The molecule has 2 amide bonds. The number of carbonyl (C=O) groups excluding carboxylic acids is 2. The number of nitrogens with two attached hydrogens (primary N) is 1. The van der Waals surface area contributed by atoms with Crippen molar-refractivity contribution in [2.24, 2.45) is 0 Å². The standard InChI is InChI=1S/C20H25N3O2/c1-20(2,3)23-19(25)15-9-5-7-11-17(15)22-18(24)13-12-14-8-4-6-10-16(14)21/h4-11H,12-13,21H2,1-3H3,(H,22,24)(H,23,25). The first-order valence-corrected chi connectivity index (χ1v) is 8.31. The minimum atomic E-state index is -0.348. The van der Waals surface area contributed by atoms with Gasteiger partial charge in [0, 0.05) is 17.6 Å². The van der Waals surface area contributed by atoms with E-state index in [1.807, 2.05) is 45.0 Å². The molecule has 2 aromatic rings. The first kappa shape index (κ1) is 18.5. The van der Waals surface area contributed by atoms with Gasteiger partial charge in [0.1, 0.15) is 0 Å². The highest BCUT2D eigenvalue weighted by atomic mass is 16.2. The Balaban J connectivity index is 2.04. The van der Waals surface area contributed by atoms with E-state index in [4.69, 9.17) is 5.73 Å². The highest BCUT2D eigenvalue weighted by Gasteiger charge is 2.18. The largest absolute Gasteiger partial charge is 0.399 e. The third-order valence-electron chi connectivity index (χ3n) is 3.61. The molecule has 0 aromatic heterocycles. The molecule has 4 N–H and O–H groups in total. The molecule has 25 heavy (non-hydrogen) atoms. The van der Waals surface area contributed by atoms with Gasteiger partial charge in [0.15, 0.2) is 0 Å². The fourth-order valence-corrected chi connectivity index (χ4v) is 2.42.